The molecule has 0 bridgehead atoms. The number of nitrogens with two attached hydrogens (primary N) is 1. The molecule has 0 fully saturated rings. The normalized spacial score (nSPS) is 10.7. The van der Waals surface area contributed by atoms with E-state index in [-0.39, 0.29) is 23.5 Å². The summed E-state index contributed by atoms with van der Waals surface area (Å²) in [5, 5.41) is 26.8. The van der Waals surface area contributed by atoms with Crippen LogP contribution >= 0.6 is 0 Å². The first-order valence-electron chi connectivity index (χ1n) is 4.76. The van der Waals surface area contributed by atoms with Crippen LogP contribution in [0.25, 0.3) is 0 Å². The zero-order valence-electron chi connectivity index (χ0n) is 9.16. The molecule has 0 amide bonds. The van der Waals surface area contributed by atoms with E-state index in [9.17, 15) is 18.5 Å². The molecule has 0 unspecified atom stereocenters. The zero-order valence-corrected chi connectivity index (χ0v) is 9.98. The minimum atomic E-state index is -3.58. The fourth-order valence-corrected chi connectivity index (χ4v) is 1.61. The molecule has 0 heterocycles. The quantitative estimate of drug-likeness (QED) is 0.577. The van der Waals surface area contributed by atoms with Crippen molar-refractivity contribution in [2.24, 2.45) is 5.14 Å². The van der Waals surface area contributed by atoms with Gasteiger partial charge in [0.25, 0.3) is 5.69 Å². The molecule has 18 heavy (non-hydrogen) atoms. The number of primary sulfonamides is 1. The molecule has 0 radical (unpaired) electrons. The molecule has 0 aliphatic heterocycles. The summed E-state index contributed by atoms with van der Waals surface area (Å²) in [7, 11) is -3.58. The molecule has 1 rings (SSSR count). The summed E-state index contributed by atoms with van der Waals surface area (Å²) in [5.41, 5.74) is -0.0422. The van der Waals surface area contributed by atoms with E-state index in [1.54, 1.807) is 6.07 Å². The molecule has 96 valence electrons. The Morgan fingerprint density at radius 3 is 2.67 bits per heavy atom. The Labute approximate surface area is 103 Å². The first-order chi connectivity index (χ1) is 8.33. The van der Waals surface area contributed by atoms with Crippen molar-refractivity contribution in [1.29, 1.82) is 5.26 Å². The van der Waals surface area contributed by atoms with Gasteiger partial charge in [0.1, 0.15) is 11.6 Å². The first kappa shape index (κ1) is 13.9. The molecule has 0 aliphatic rings. The van der Waals surface area contributed by atoms with Crippen LogP contribution in [0.5, 0.6) is 0 Å². The van der Waals surface area contributed by atoms with Crippen molar-refractivity contribution >= 4 is 21.4 Å². The third-order valence-corrected chi connectivity index (χ3v) is 2.80. The predicted molar refractivity (Wildman–Crippen MR) is 64.3 cm³/mol. The number of hydrogen-bond acceptors (Lipinski definition) is 6. The molecule has 9 heteroatoms. The molecular formula is C9H10N4O4S. The number of benzene rings is 1. The standard InChI is InChI=1S/C9H10N4O4S/c10-6-7-1-2-8(5-9(7)13(14)15)12-3-4-18(11,16)17/h1-2,5,12H,3-4H2,(H2,11,16,17). The van der Waals surface area contributed by atoms with Gasteiger partial charge in [-0.3, -0.25) is 10.1 Å². The molecule has 0 atom stereocenters. The lowest BCUT2D eigenvalue weighted by molar-refractivity contribution is -0.385. The second-order valence-electron chi connectivity index (χ2n) is 3.39. The maximum Gasteiger partial charge on any atom is 0.289 e. The Bertz CT molecular complexity index is 605. The zero-order chi connectivity index (χ0) is 13.8. The molecule has 8 nitrogen and oxygen atoms in total. The summed E-state index contributed by atoms with van der Waals surface area (Å²) < 4.78 is 21.4. The third-order valence-electron chi connectivity index (χ3n) is 2.03. The van der Waals surface area contributed by atoms with Crippen molar-refractivity contribution < 1.29 is 13.3 Å². The highest BCUT2D eigenvalue weighted by molar-refractivity contribution is 7.89. The maximum absolute atomic E-state index is 10.7. The molecule has 0 spiro atoms. The average Bonchev–Trinajstić information content (AvgIpc) is 2.27. The Morgan fingerprint density at radius 2 is 2.17 bits per heavy atom. The lowest BCUT2D eigenvalue weighted by Crippen LogP contribution is -2.22. The van der Waals surface area contributed by atoms with Gasteiger partial charge in [-0.2, -0.15) is 5.26 Å². The highest BCUT2D eigenvalue weighted by Gasteiger charge is 2.14. The Kier molecular flexibility index (Phi) is 4.19. The van der Waals surface area contributed by atoms with Crippen molar-refractivity contribution in [2.45, 2.75) is 0 Å². The van der Waals surface area contributed by atoms with Crippen LogP contribution in [0.2, 0.25) is 0 Å². The van der Waals surface area contributed by atoms with Gasteiger partial charge in [-0.15, -0.1) is 0 Å². The van der Waals surface area contributed by atoms with Crippen molar-refractivity contribution in [2.75, 3.05) is 17.6 Å². The summed E-state index contributed by atoms with van der Waals surface area (Å²) in [6.07, 6.45) is 0. The molecule has 1 aromatic rings. The summed E-state index contributed by atoms with van der Waals surface area (Å²) in [4.78, 5) is 10.00. The van der Waals surface area contributed by atoms with Crippen LogP contribution in [0, 0.1) is 21.4 Å². The minimum Gasteiger partial charge on any atom is -0.384 e. The van der Waals surface area contributed by atoms with Crippen LogP contribution in [0.15, 0.2) is 18.2 Å². The number of nitro benzene ring substituents is 1. The van der Waals surface area contributed by atoms with Gasteiger partial charge < -0.3 is 5.32 Å². The maximum atomic E-state index is 10.7. The third kappa shape index (κ3) is 4.00. The fourth-order valence-electron chi connectivity index (χ4n) is 1.22. The second kappa shape index (κ2) is 5.44. The van der Waals surface area contributed by atoms with E-state index in [2.05, 4.69) is 5.32 Å². The molecular weight excluding hydrogens is 260 g/mol. The fraction of sp³-hybridized carbons (Fsp3) is 0.222. The van der Waals surface area contributed by atoms with Gasteiger partial charge in [0.15, 0.2) is 0 Å². The first-order valence-corrected chi connectivity index (χ1v) is 6.48. The summed E-state index contributed by atoms with van der Waals surface area (Å²) in [6.45, 7) is 0.0297. The van der Waals surface area contributed by atoms with E-state index in [4.69, 9.17) is 10.4 Å². The highest BCUT2D eigenvalue weighted by atomic mass is 32.2. The number of nitrogens with zero attached hydrogens (tertiary/aromatic N) is 2. The van der Waals surface area contributed by atoms with E-state index >= 15 is 0 Å². The van der Waals surface area contributed by atoms with Gasteiger partial charge in [-0.05, 0) is 12.1 Å². The molecule has 0 saturated heterocycles. The van der Waals surface area contributed by atoms with Gasteiger partial charge in [0.05, 0.1) is 10.7 Å². The van der Waals surface area contributed by atoms with Gasteiger partial charge in [-0.1, -0.05) is 0 Å². The lowest BCUT2D eigenvalue weighted by atomic mass is 10.2. The smallest absolute Gasteiger partial charge is 0.289 e. The molecule has 1 aromatic carbocycles. The number of rotatable bonds is 5. The number of sulfonamides is 1. The largest absolute Gasteiger partial charge is 0.384 e. The van der Waals surface area contributed by atoms with Crippen molar-refractivity contribution in [3.63, 3.8) is 0 Å². The van der Waals surface area contributed by atoms with Gasteiger partial charge in [-0.25, -0.2) is 13.6 Å². The number of nitriles is 1. The van der Waals surface area contributed by atoms with Crippen LogP contribution in [-0.2, 0) is 10.0 Å². The van der Waals surface area contributed by atoms with E-state index in [0.29, 0.717) is 5.69 Å². The van der Waals surface area contributed by atoms with Crippen molar-refractivity contribution in [1.82, 2.24) is 0 Å². The van der Waals surface area contributed by atoms with Crippen LogP contribution in [0.3, 0.4) is 0 Å². The van der Waals surface area contributed by atoms with E-state index < -0.39 is 14.9 Å². The molecule has 0 saturated carbocycles. The van der Waals surface area contributed by atoms with Crippen LogP contribution in [0.4, 0.5) is 11.4 Å². The van der Waals surface area contributed by atoms with Crippen LogP contribution in [0.1, 0.15) is 5.56 Å². The van der Waals surface area contributed by atoms with E-state index in [0.717, 1.165) is 0 Å². The average molecular weight is 270 g/mol. The second-order valence-corrected chi connectivity index (χ2v) is 5.13. The van der Waals surface area contributed by atoms with Gasteiger partial charge >= 0.3 is 0 Å². The Balaban J connectivity index is 2.83. The highest BCUT2D eigenvalue weighted by Crippen LogP contribution is 2.22. The topological polar surface area (TPSA) is 139 Å². The number of nitrogens with one attached hydrogen (secondary N) is 1. The number of nitro groups is 1. The minimum absolute atomic E-state index is 0.0297. The van der Waals surface area contributed by atoms with Crippen molar-refractivity contribution in [3.05, 3.63) is 33.9 Å². The SMILES string of the molecule is N#Cc1ccc(NCCS(N)(=O)=O)cc1[N+](=O)[O-]. The molecule has 0 aromatic heterocycles. The molecule has 3 N–H and O–H groups in total. The van der Waals surface area contributed by atoms with Crippen LogP contribution < -0.4 is 10.5 Å². The molecule has 0 aliphatic carbocycles. The monoisotopic (exact) mass is 270 g/mol. The lowest BCUT2D eigenvalue weighted by Gasteiger charge is -2.05. The van der Waals surface area contributed by atoms with Crippen molar-refractivity contribution in [3.8, 4) is 6.07 Å². The van der Waals surface area contributed by atoms with Crippen LogP contribution in [-0.4, -0.2) is 25.6 Å². The van der Waals surface area contributed by atoms with E-state index in [1.165, 1.54) is 18.2 Å². The number of anilines is 1. The van der Waals surface area contributed by atoms with Gasteiger partial charge in [0.2, 0.25) is 10.0 Å². The summed E-state index contributed by atoms with van der Waals surface area (Å²) >= 11 is 0. The Morgan fingerprint density at radius 1 is 1.50 bits per heavy atom. The Hall–Kier alpha value is -2.18. The van der Waals surface area contributed by atoms with E-state index in [1.807, 2.05) is 0 Å². The van der Waals surface area contributed by atoms with Gasteiger partial charge in [0, 0.05) is 18.3 Å². The summed E-state index contributed by atoms with van der Waals surface area (Å²) in [5.74, 6) is -0.291. The predicted octanol–water partition coefficient (Wildman–Crippen LogP) is 0.167. The summed E-state index contributed by atoms with van der Waals surface area (Å²) in [6, 6.07) is 5.61. The number of hydrogen-bond donors (Lipinski definition) is 2.